The topological polar surface area (TPSA) is 93.9 Å². The molecule has 2 heterocycles. The monoisotopic (exact) mass is 382 g/mol. The zero-order valence-electron chi connectivity index (χ0n) is 15.8. The SMILES string of the molecule is CCc1cnc(CC)n(Cc2cc(-c3cc(C#N)c(F)c(OC)c3)on2)c1=O. The number of nitriles is 1. The van der Waals surface area contributed by atoms with E-state index in [0.717, 1.165) is 0 Å². The normalized spacial score (nSPS) is 10.7. The van der Waals surface area contributed by atoms with Crippen molar-refractivity contribution in [1.29, 1.82) is 5.26 Å². The van der Waals surface area contributed by atoms with Crippen LogP contribution in [-0.4, -0.2) is 21.8 Å². The van der Waals surface area contributed by atoms with E-state index in [1.807, 2.05) is 13.8 Å². The summed E-state index contributed by atoms with van der Waals surface area (Å²) in [4.78, 5) is 17.0. The summed E-state index contributed by atoms with van der Waals surface area (Å²) < 4.78 is 25.9. The molecule has 0 aliphatic heterocycles. The van der Waals surface area contributed by atoms with Crippen molar-refractivity contribution in [2.45, 2.75) is 33.2 Å². The van der Waals surface area contributed by atoms with Gasteiger partial charge in [-0.3, -0.25) is 9.36 Å². The molecular formula is C20H19FN4O3. The van der Waals surface area contributed by atoms with E-state index < -0.39 is 5.82 Å². The lowest BCUT2D eigenvalue weighted by Crippen LogP contribution is -2.28. The number of methoxy groups -OCH3 is 1. The van der Waals surface area contributed by atoms with Crippen LogP contribution < -0.4 is 10.3 Å². The van der Waals surface area contributed by atoms with Crippen molar-refractivity contribution in [2.75, 3.05) is 7.11 Å². The molecule has 0 amide bonds. The van der Waals surface area contributed by atoms with Crippen molar-refractivity contribution < 1.29 is 13.7 Å². The second-order valence-corrected chi connectivity index (χ2v) is 6.13. The summed E-state index contributed by atoms with van der Waals surface area (Å²) in [5.74, 6) is 0.212. The minimum absolute atomic E-state index is 0.0589. The Labute approximate surface area is 161 Å². The van der Waals surface area contributed by atoms with Gasteiger partial charge in [0.15, 0.2) is 17.3 Å². The van der Waals surface area contributed by atoms with Gasteiger partial charge >= 0.3 is 0 Å². The van der Waals surface area contributed by atoms with Crippen LogP contribution in [0.1, 0.15) is 36.5 Å². The molecule has 0 spiro atoms. The molecule has 3 aromatic rings. The van der Waals surface area contributed by atoms with Crippen LogP contribution >= 0.6 is 0 Å². The number of halogens is 1. The van der Waals surface area contributed by atoms with Gasteiger partial charge in [0.25, 0.3) is 5.56 Å². The van der Waals surface area contributed by atoms with Crippen LogP contribution in [0.5, 0.6) is 5.75 Å². The number of aromatic nitrogens is 3. The summed E-state index contributed by atoms with van der Waals surface area (Å²) in [7, 11) is 1.32. The van der Waals surface area contributed by atoms with Gasteiger partial charge in [-0.1, -0.05) is 19.0 Å². The van der Waals surface area contributed by atoms with E-state index >= 15 is 0 Å². The highest BCUT2D eigenvalue weighted by Crippen LogP contribution is 2.29. The minimum atomic E-state index is -0.727. The number of benzene rings is 1. The molecule has 28 heavy (non-hydrogen) atoms. The minimum Gasteiger partial charge on any atom is -0.494 e. The Hall–Kier alpha value is -3.47. The van der Waals surface area contributed by atoms with Crippen molar-refractivity contribution in [3.05, 3.63) is 63.2 Å². The first kappa shape index (κ1) is 19.3. The number of rotatable bonds is 6. The quantitative estimate of drug-likeness (QED) is 0.650. The average molecular weight is 382 g/mol. The molecule has 0 atom stereocenters. The van der Waals surface area contributed by atoms with Crippen molar-refractivity contribution in [2.24, 2.45) is 0 Å². The Morgan fingerprint density at radius 1 is 1.29 bits per heavy atom. The summed E-state index contributed by atoms with van der Waals surface area (Å²) in [6, 6.07) is 6.24. The molecule has 0 fully saturated rings. The van der Waals surface area contributed by atoms with E-state index in [2.05, 4.69) is 10.1 Å². The summed E-state index contributed by atoms with van der Waals surface area (Å²) >= 11 is 0. The lowest BCUT2D eigenvalue weighted by Gasteiger charge is -2.10. The van der Waals surface area contributed by atoms with E-state index in [0.29, 0.717) is 41.2 Å². The zero-order valence-corrected chi connectivity index (χ0v) is 15.8. The summed E-state index contributed by atoms with van der Waals surface area (Å²) in [5, 5.41) is 13.1. The van der Waals surface area contributed by atoms with Crippen LogP contribution in [0.3, 0.4) is 0 Å². The Morgan fingerprint density at radius 2 is 2.07 bits per heavy atom. The van der Waals surface area contributed by atoms with E-state index in [9.17, 15) is 9.18 Å². The van der Waals surface area contributed by atoms with Crippen molar-refractivity contribution >= 4 is 0 Å². The molecule has 8 heteroatoms. The third-order valence-corrected chi connectivity index (χ3v) is 4.44. The fourth-order valence-electron chi connectivity index (χ4n) is 2.91. The van der Waals surface area contributed by atoms with Crippen LogP contribution in [0.4, 0.5) is 4.39 Å². The van der Waals surface area contributed by atoms with Crippen LogP contribution in [0.2, 0.25) is 0 Å². The lowest BCUT2D eigenvalue weighted by molar-refractivity contribution is 0.385. The average Bonchev–Trinajstić information content (AvgIpc) is 3.18. The van der Waals surface area contributed by atoms with Gasteiger partial charge in [0.2, 0.25) is 0 Å². The fourth-order valence-corrected chi connectivity index (χ4v) is 2.91. The molecule has 1 aromatic carbocycles. The molecule has 144 valence electrons. The van der Waals surface area contributed by atoms with Gasteiger partial charge in [-0.25, -0.2) is 9.37 Å². The Morgan fingerprint density at radius 3 is 2.71 bits per heavy atom. The van der Waals surface area contributed by atoms with E-state index in [4.69, 9.17) is 14.5 Å². The van der Waals surface area contributed by atoms with Gasteiger partial charge in [0, 0.05) is 29.8 Å². The van der Waals surface area contributed by atoms with Crippen LogP contribution in [-0.2, 0) is 19.4 Å². The summed E-state index contributed by atoms with van der Waals surface area (Å²) in [6.45, 7) is 4.03. The van der Waals surface area contributed by atoms with Gasteiger partial charge < -0.3 is 9.26 Å². The van der Waals surface area contributed by atoms with Crippen LogP contribution in [0.25, 0.3) is 11.3 Å². The number of hydrogen-bond donors (Lipinski definition) is 0. The van der Waals surface area contributed by atoms with Crippen LogP contribution in [0.15, 0.2) is 33.7 Å². The van der Waals surface area contributed by atoms with Crippen LogP contribution in [0, 0.1) is 17.1 Å². The van der Waals surface area contributed by atoms with Gasteiger partial charge in [0.1, 0.15) is 17.6 Å². The third-order valence-electron chi connectivity index (χ3n) is 4.44. The standard InChI is InChI=1S/C20H19FN4O3/c1-4-12-10-23-18(5-2)25(20(12)26)11-15-8-16(28-24-15)13-6-14(9-22)19(21)17(7-13)27-3/h6-8,10H,4-5,11H2,1-3H3. The smallest absolute Gasteiger partial charge is 0.257 e. The predicted octanol–water partition coefficient (Wildman–Crippen LogP) is 3.09. The van der Waals surface area contributed by atoms with Crippen molar-refractivity contribution in [3.63, 3.8) is 0 Å². The maximum absolute atomic E-state index is 14.0. The molecule has 0 saturated carbocycles. The molecule has 0 radical (unpaired) electrons. The number of ether oxygens (including phenoxy) is 1. The highest BCUT2D eigenvalue weighted by molar-refractivity contribution is 5.63. The van der Waals surface area contributed by atoms with Crippen molar-refractivity contribution in [3.8, 4) is 23.1 Å². The highest BCUT2D eigenvalue weighted by atomic mass is 19.1. The maximum Gasteiger partial charge on any atom is 0.257 e. The first-order chi connectivity index (χ1) is 13.5. The number of aryl methyl sites for hydroxylation is 2. The maximum atomic E-state index is 14.0. The molecule has 0 aliphatic carbocycles. The molecule has 3 rings (SSSR count). The van der Waals surface area contributed by atoms with Gasteiger partial charge in [0.05, 0.1) is 19.2 Å². The summed E-state index contributed by atoms with van der Waals surface area (Å²) in [5.41, 5.74) is 1.34. The molecule has 0 unspecified atom stereocenters. The van der Waals surface area contributed by atoms with E-state index in [-0.39, 0.29) is 23.4 Å². The Bertz CT molecular complexity index is 1110. The number of hydrogen-bond acceptors (Lipinski definition) is 6. The zero-order chi connectivity index (χ0) is 20.3. The Kier molecular flexibility index (Phi) is 5.54. The second-order valence-electron chi connectivity index (χ2n) is 6.13. The molecule has 7 nitrogen and oxygen atoms in total. The number of nitrogens with zero attached hydrogens (tertiary/aromatic N) is 4. The molecule has 0 aliphatic rings. The lowest BCUT2D eigenvalue weighted by atomic mass is 10.1. The molecule has 0 bridgehead atoms. The first-order valence-corrected chi connectivity index (χ1v) is 8.83. The van der Waals surface area contributed by atoms with Gasteiger partial charge in [-0.05, 0) is 18.6 Å². The Balaban J connectivity index is 1.99. The highest BCUT2D eigenvalue weighted by Gasteiger charge is 2.16. The summed E-state index contributed by atoms with van der Waals surface area (Å²) in [6.07, 6.45) is 2.80. The predicted molar refractivity (Wildman–Crippen MR) is 99.5 cm³/mol. The van der Waals surface area contributed by atoms with E-state index in [1.165, 1.54) is 19.2 Å². The fraction of sp³-hybridized carbons (Fsp3) is 0.300. The molecule has 0 N–H and O–H groups in total. The van der Waals surface area contributed by atoms with Gasteiger partial charge in [-0.2, -0.15) is 5.26 Å². The van der Waals surface area contributed by atoms with Crippen molar-refractivity contribution in [1.82, 2.24) is 14.7 Å². The molecule has 0 saturated heterocycles. The van der Waals surface area contributed by atoms with E-state index in [1.54, 1.807) is 22.9 Å². The van der Waals surface area contributed by atoms with Gasteiger partial charge in [-0.15, -0.1) is 0 Å². The molecular weight excluding hydrogens is 363 g/mol. The second kappa shape index (κ2) is 8.05. The third kappa shape index (κ3) is 3.51. The molecule has 2 aromatic heterocycles. The first-order valence-electron chi connectivity index (χ1n) is 8.83. The largest absolute Gasteiger partial charge is 0.494 e.